The topological polar surface area (TPSA) is 28.0 Å². The number of hydrogen-bond acceptors (Lipinski definition) is 2. The molecule has 1 aromatic rings. The van der Waals surface area contributed by atoms with Gasteiger partial charge in [0.05, 0.1) is 36.9 Å². The van der Waals surface area contributed by atoms with Gasteiger partial charge in [-0.15, -0.1) is 0 Å². The van der Waals surface area contributed by atoms with E-state index >= 15 is 0 Å². The van der Waals surface area contributed by atoms with Crippen molar-refractivity contribution in [2.24, 2.45) is 10.8 Å². The monoisotopic (exact) mass is 390 g/mol. The van der Waals surface area contributed by atoms with Crippen molar-refractivity contribution >= 4 is 23.2 Å². The van der Waals surface area contributed by atoms with Crippen molar-refractivity contribution in [1.29, 1.82) is 0 Å². The standard InChI is InChI=1S/C22H32ClN3O/c1-21(2)12-17-13-22(3,15-21)16-26(17)20(27)14-24-8-10-25(11-9-24)19-7-5-4-6-18(19)23/h4-7,17H,8-16H2,1-3H3/p+1/t17-,22-/m0/s1. The van der Waals surface area contributed by atoms with Gasteiger partial charge in [0.1, 0.15) is 0 Å². The highest BCUT2D eigenvalue weighted by atomic mass is 35.5. The lowest BCUT2D eigenvalue weighted by Crippen LogP contribution is -3.16. The fourth-order valence-electron chi connectivity index (χ4n) is 6.02. The first-order valence-electron chi connectivity index (χ1n) is 10.4. The lowest BCUT2D eigenvalue weighted by atomic mass is 9.65. The lowest BCUT2D eigenvalue weighted by molar-refractivity contribution is -0.892. The van der Waals surface area contributed by atoms with Crippen molar-refractivity contribution in [2.75, 3.05) is 44.2 Å². The summed E-state index contributed by atoms with van der Waals surface area (Å²) in [5.41, 5.74) is 1.80. The number of nitrogens with zero attached hydrogens (tertiary/aromatic N) is 2. The van der Waals surface area contributed by atoms with E-state index in [2.05, 4.69) is 36.6 Å². The highest BCUT2D eigenvalue weighted by Crippen LogP contribution is 2.52. The first-order chi connectivity index (χ1) is 12.7. The minimum absolute atomic E-state index is 0.320. The van der Waals surface area contributed by atoms with Crippen molar-refractivity contribution in [1.82, 2.24) is 4.90 Å². The number of likely N-dealkylation sites (tertiary alicyclic amines) is 1. The number of amides is 1. The van der Waals surface area contributed by atoms with E-state index < -0.39 is 0 Å². The number of piperazine rings is 1. The minimum atomic E-state index is 0.320. The Morgan fingerprint density at radius 3 is 2.59 bits per heavy atom. The molecule has 0 aromatic heterocycles. The summed E-state index contributed by atoms with van der Waals surface area (Å²) in [6.45, 7) is 12.6. The summed E-state index contributed by atoms with van der Waals surface area (Å²) in [6, 6.07) is 8.51. The fraction of sp³-hybridized carbons (Fsp3) is 0.682. The number of quaternary nitrogens is 1. The van der Waals surface area contributed by atoms with Crippen LogP contribution in [0.3, 0.4) is 0 Å². The Morgan fingerprint density at radius 2 is 1.89 bits per heavy atom. The number of anilines is 1. The van der Waals surface area contributed by atoms with Gasteiger partial charge in [-0.1, -0.05) is 44.5 Å². The summed E-state index contributed by atoms with van der Waals surface area (Å²) >= 11 is 6.34. The van der Waals surface area contributed by atoms with Crippen LogP contribution in [0.15, 0.2) is 24.3 Å². The van der Waals surface area contributed by atoms with Crippen molar-refractivity contribution in [3.05, 3.63) is 29.3 Å². The number of fused-ring (bicyclic) bond motifs is 2. The Labute approximate surface area is 168 Å². The van der Waals surface area contributed by atoms with Crippen LogP contribution in [-0.4, -0.2) is 56.1 Å². The van der Waals surface area contributed by atoms with Gasteiger partial charge < -0.3 is 14.7 Å². The van der Waals surface area contributed by atoms with Crippen LogP contribution in [0.25, 0.3) is 0 Å². The van der Waals surface area contributed by atoms with Crippen molar-refractivity contribution in [3.8, 4) is 0 Å². The first-order valence-corrected chi connectivity index (χ1v) is 10.8. The third kappa shape index (κ3) is 3.97. The summed E-state index contributed by atoms with van der Waals surface area (Å²) in [5.74, 6) is 0.364. The Bertz CT molecular complexity index is 713. The number of carbonyl (C=O) groups is 1. The van der Waals surface area contributed by atoms with Gasteiger partial charge in [0.25, 0.3) is 5.91 Å². The van der Waals surface area contributed by atoms with E-state index in [1.807, 2.05) is 18.2 Å². The third-order valence-corrected chi connectivity index (χ3v) is 7.12. The Morgan fingerprint density at radius 1 is 1.19 bits per heavy atom. The molecule has 2 atom stereocenters. The first kappa shape index (κ1) is 19.1. The summed E-state index contributed by atoms with van der Waals surface area (Å²) < 4.78 is 0. The molecule has 0 spiro atoms. The molecule has 3 aliphatic rings. The summed E-state index contributed by atoms with van der Waals surface area (Å²) in [4.78, 5) is 19.1. The predicted molar refractivity (Wildman–Crippen MR) is 110 cm³/mol. The van der Waals surface area contributed by atoms with E-state index in [4.69, 9.17) is 11.6 Å². The second-order valence-electron chi connectivity index (χ2n) is 10.1. The number of carbonyl (C=O) groups excluding carboxylic acids is 1. The van der Waals surface area contributed by atoms with E-state index in [1.165, 1.54) is 17.7 Å². The van der Waals surface area contributed by atoms with Crippen LogP contribution >= 0.6 is 11.6 Å². The van der Waals surface area contributed by atoms with Gasteiger partial charge in [-0.05, 0) is 42.2 Å². The molecule has 5 heteroatoms. The summed E-state index contributed by atoms with van der Waals surface area (Å²) in [7, 11) is 0. The molecule has 1 amide bonds. The van der Waals surface area contributed by atoms with E-state index in [0.29, 0.717) is 29.3 Å². The molecule has 4 rings (SSSR count). The van der Waals surface area contributed by atoms with E-state index in [0.717, 1.165) is 49.9 Å². The second kappa shape index (κ2) is 6.97. The van der Waals surface area contributed by atoms with Crippen LogP contribution in [0.2, 0.25) is 5.02 Å². The fourth-order valence-corrected chi connectivity index (χ4v) is 6.27. The maximum absolute atomic E-state index is 13.1. The molecule has 2 saturated heterocycles. The van der Waals surface area contributed by atoms with E-state index in [9.17, 15) is 4.79 Å². The van der Waals surface area contributed by atoms with Gasteiger partial charge in [-0.3, -0.25) is 4.79 Å². The Kier molecular flexibility index (Phi) is 4.92. The van der Waals surface area contributed by atoms with E-state index in [1.54, 1.807) is 0 Å². The molecule has 2 aliphatic heterocycles. The molecule has 3 fully saturated rings. The van der Waals surface area contributed by atoms with Gasteiger partial charge >= 0.3 is 0 Å². The largest absolute Gasteiger partial charge is 0.359 e. The number of halogens is 1. The third-order valence-electron chi connectivity index (χ3n) is 6.80. The van der Waals surface area contributed by atoms with Gasteiger partial charge in [-0.25, -0.2) is 0 Å². The zero-order chi connectivity index (χ0) is 19.2. The Balaban J connectivity index is 1.33. The van der Waals surface area contributed by atoms with Gasteiger partial charge in [-0.2, -0.15) is 0 Å². The molecule has 2 bridgehead atoms. The van der Waals surface area contributed by atoms with Crippen LogP contribution in [0.4, 0.5) is 5.69 Å². The molecular formula is C22H33ClN3O+. The number of nitrogens with one attached hydrogen (secondary N) is 1. The number of rotatable bonds is 3. The SMILES string of the molecule is CC1(C)C[C@H]2C[C@](C)(CN2C(=O)C[NH+]2CCN(c3ccccc3Cl)CC2)C1. The molecule has 1 aliphatic carbocycles. The predicted octanol–water partition coefficient (Wildman–Crippen LogP) is 2.47. The van der Waals surface area contributed by atoms with Gasteiger partial charge in [0.2, 0.25) is 0 Å². The van der Waals surface area contributed by atoms with Crippen LogP contribution in [-0.2, 0) is 4.79 Å². The van der Waals surface area contributed by atoms with E-state index in [-0.39, 0.29) is 0 Å². The number of hydrogen-bond donors (Lipinski definition) is 1. The summed E-state index contributed by atoms with van der Waals surface area (Å²) in [5, 5.41) is 0.817. The molecule has 1 N–H and O–H groups in total. The average Bonchev–Trinajstić information content (AvgIpc) is 2.85. The maximum atomic E-state index is 13.1. The molecule has 2 heterocycles. The normalized spacial score (nSPS) is 30.6. The molecular weight excluding hydrogens is 358 g/mol. The molecule has 1 aromatic carbocycles. The zero-order valence-corrected chi connectivity index (χ0v) is 17.7. The quantitative estimate of drug-likeness (QED) is 0.858. The van der Waals surface area contributed by atoms with Crippen LogP contribution < -0.4 is 9.80 Å². The molecule has 27 heavy (non-hydrogen) atoms. The highest BCUT2D eigenvalue weighted by molar-refractivity contribution is 6.33. The van der Waals surface area contributed by atoms with Gasteiger partial charge in [0, 0.05) is 12.6 Å². The van der Waals surface area contributed by atoms with Crippen molar-refractivity contribution < 1.29 is 9.69 Å². The smallest absolute Gasteiger partial charge is 0.278 e. The maximum Gasteiger partial charge on any atom is 0.278 e. The van der Waals surface area contributed by atoms with Crippen molar-refractivity contribution in [3.63, 3.8) is 0 Å². The molecule has 0 unspecified atom stereocenters. The zero-order valence-electron chi connectivity index (χ0n) is 16.9. The van der Waals surface area contributed by atoms with Crippen LogP contribution in [0, 0.1) is 10.8 Å². The highest BCUT2D eigenvalue weighted by Gasteiger charge is 2.51. The summed E-state index contributed by atoms with van der Waals surface area (Å²) in [6.07, 6.45) is 3.59. The Hall–Kier alpha value is -1.26. The van der Waals surface area contributed by atoms with Gasteiger partial charge in [0.15, 0.2) is 6.54 Å². The van der Waals surface area contributed by atoms with Crippen LogP contribution in [0.1, 0.15) is 40.0 Å². The lowest BCUT2D eigenvalue weighted by Gasteiger charge is -2.39. The molecule has 0 radical (unpaired) electrons. The minimum Gasteiger partial charge on any atom is -0.359 e. The van der Waals surface area contributed by atoms with Crippen molar-refractivity contribution in [2.45, 2.75) is 46.1 Å². The number of benzene rings is 1. The molecule has 148 valence electrons. The van der Waals surface area contributed by atoms with Crippen LogP contribution in [0.5, 0.6) is 0 Å². The molecule has 1 saturated carbocycles. The second-order valence-corrected chi connectivity index (χ2v) is 10.5. The number of para-hydroxylation sites is 1. The molecule has 4 nitrogen and oxygen atoms in total. The average molecular weight is 391 g/mol.